The van der Waals surface area contributed by atoms with Crippen molar-refractivity contribution in [3.05, 3.63) is 22.4 Å². The fraction of sp³-hybridized carbons (Fsp3) is 0.615. The van der Waals surface area contributed by atoms with Gasteiger partial charge in [-0.3, -0.25) is 10.4 Å². The van der Waals surface area contributed by atoms with E-state index in [1.54, 1.807) is 11.3 Å². The number of hydrogen-bond donors (Lipinski definition) is 3. The Morgan fingerprint density at radius 1 is 1.50 bits per heavy atom. The summed E-state index contributed by atoms with van der Waals surface area (Å²) in [5, 5.41) is 5.48. The number of hydrazine groups is 1. The Morgan fingerprint density at radius 3 is 2.78 bits per heavy atom. The van der Waals surface area contributed by atoms with Crippen LogP contribution in [-0.2, 0) is 0 Å². The molecule has 0 aliphatic carbocycles. The van der Waals surface area contributed by atoms with Crippen LogP contribution >= 0.6 is 11.3 Å². The molecule has 18 heavy (non-hydrogen) atoms. The van der Waals surface area contributed by atoms with Gasteiger partial charge in [0.15, 0.2) is 0 Å². The third kappa shape index (κ3) is 4.66. The van der Waals surface area contributed by atoms with Crippen LogP contribution in [0.4, 0.5) is 0 Å². The van der Waals surface area contributed by atoms with Crippen molar-refractivity contribution in [1.82, 2.24) is 10.7 Å². The average Bonchev–Trinajstić information content (AvgIpc) is 2.86. The van der Waals surface area contributed by atoms with Crippen molar-refractivity contribution in [2.75, 3.05) is 6.54 Å². The highest BCUT2D eigenvalue weighted by atomic mass is 32.1. The summed E-state index contributed by atoms with van der Waals surface area (Å²) in [5.74, 6) is 6.67. The van der Waals surface area contributed by atoms with Gasteiger partial charge in [-0.05, 0) is 23.8 Å². The van der Waals surface area contributed by atoms with Gasteiger partial charge in [0.05, 0.1) is 6.04 Å². The van der Waals surface area contributed by atoms with Crippen molar-refractivity contribution in [3.63, 3.8) is 0 Å². The number of rotatable bonds is 6. The van der Waals surface area contributed by atoms with Crippen LogP contribution in [0.15, 0.2) is 22.5 Å². The molecule has 0 aliphatic rings. The second kappa shape index (κ2) is 8.11. The molecular weight excluding hydrogens is 244 g/mol. The van der Waals surface area contributed by atoms with Gasteiger partial charge in [0.1, 0.15) is 0 Å². The Labute approximate surface area is 114 Å². The monoisotopic (exact) mass is 268 g/mol. The molecule has 0 amide bonds. The normalized spacial score (nSPS) is 13.7. The first kappa shape index (κ1) is 15.0. The molecule has 1 atom stereocenters. The molecule has 102 valence electrons. The number of guanidine groups is 1. The van der Waals surface area contributed by atoms with Crippen LogP contribution in [0.25, 0.3) is 0 Å². The van der Waals surface area contributed by atoms with E-state index in [1.807, 2.05) is 0 Å². The molecule has 0 aliphatic heterocycles. The van der Waals surface area contributed by atoms with Crippen molar-refractivity contribution >= 4 is 17.3 Å². The fourth-order valence-corrected chi connectivity index (χ4v) is 2.61. The largest absolute Gasteiger partial charge is 0.347 e. The molecule has 1 heterocycles. The summed E-state index contributed by atoms with van der Waals surface area (Å²) in [6, 6.07) is 4.46. The van der Waals surface area contributed by atoms with E-state index in [0.29, 0.717) is 11.9 Å². The molecule has 4 N–H and O–H groups in total. The summed E-state index contributed by atoms with van der Waals surface area (Å²) >= 11 is 1.75. The third-order valence-electron chi connectivity index (χ3n) is 2.73. The Kier molecular flexibility index (Phi) is 6.75. The lowest BCUT2D eigenvalue weighted by molar-refractivity contribution is 0.472. The molecule has 0 fully saturated rings. The van der Waals surface area contributed by atoms with Crippen LogP contribution in [0, 0.1) is 5.92 Å². The molecule has 1 aromatic rings. The quantitative estimate of drug-likeness (QED) is 0.244. The van der Waals surface area contributed by atoms with Crippen molar-refractivity contribution in [2.24, 2.45) is 16.8 Å². The van der Waals surface area contributed by atoms with Crippen molar-refractivity contribution in [1.29, 1.82) is 0 Å². The third-order valence-corrected chi connectivity index (χ3v) is 3.68. The molecule has 1 unspecified atom stereocenters. The van der Waals surface area contributed by atoms with Crippen molar-refractivity contribution in [2.45, 2.75) is 39.7 Å². The lowest BCUT2D eigenvalue weighted by Gasteiger charge is -2.23. The Bertz CT molecular complexity index is 346. The number of nitrogens with one attached hydrogen (secondary N) is 2. The maximum Gasteiger partial charge on any atom is 0.206 e. The molecule has 0 saturated carbocycles. The first-order valence-electron chi connectivity index (χ1n) is 6.50. The van der Waals surface area contributed by atoms with E-state index in [1.165, 1.54) is 4.88 Å². The van der Waals surface area contributed by atoms with Crippen LogP contribution in [0.3, 0.4) is 0 Å². The molecule has 4 nitrogen and oxygen atoms in total. The van der Waals surface area contributed by atoms with Gasteiger partial charge < -0.3 is 5.32 Å². The fourth-order valence-electron chi connectivity index (χ4n) is 1.66. The Hall–Kier alpha value is -1.07. The minimum Gasteiger partial charge on any atom is -0.347 e. The zero-order valence-corrected chi connectivity index (χ0v) is 12.3. The van der Waals surface area contributed by atoms with E-state index < -0.39 is 0 Å². The minimum atomic E-state index is 0.251. The van der Waals surface area contributed by atoms with Crippen LogP contribution in [-0.4, -0.2) is 12.5 Å². The van der Waals surface area contributed by atoms with Gasteiger partial charge in [-0.15, -0.1) is 11.3 Å². The van der Waals surface area contributed by atoms with E-state index in [4.69, 9.17) is 5.84 Å². The van der Waals surface area contributed by atoms with Crippen molar-refractivity contribution < 1.29 is 0 Å². The number of thiophene rings is 1. The number of unbranched alkanes of at least 4 members (excludes halogenated alkanes) is 1. The van der Waals surface area contributed by atoms with E-state index in [9.17, 15) is 0 Å². The zero-order valence-electron chi connectivity index (χ0n) is 11.4. The van der Waals surface area contributed by atoms with E-state index in [-0.39, 0.29) is 6.04 Å². The molecule has 0 bridgehead atoms. The topological polar surface area (TPSA) is 62.4 Å². The Morgan fingerprint density at radius 2 is 2.28 bits per heavy atom. The minimum absolute atomic E-state index is 0.251. The molecule has 0 spiro atoms. The van der Waals surface area contributed by atoms with Gasteiger partial charge in [0.2, 0.25) is 5.96 Å². The van der Waals surface area contributed by atoms with E-state index in [2.05, 4.69) is 54.0 Å². The van der Waals surface area contributed by atoms with Crippen molar-refractivity contribution in [3.8, 4) is 0 Å². The first-order chi connectivity index (χ1) is 8.69. The van der Waals surface area contributed by atoms with Gasteiger partial charge in [-0.1, -0.05) is 33.3 Å². The standard InChI is InChI=1S/C13H24N4S/c1-4-5-8-15-13(17-14)16-12(10(2)3)11-7-6-9-18-11/h6-7,9-10,12H,4-5,8,14H2,1-3H3,(H2,15,16,17). The van der Waals surface area contributed by atoms with Crippen LogP contribution in [0.1, 0.15) is 44.5 Å². The number of nitrogens with two attached hydrogens (primary N) is 1. The maximum atomic E-state index is 5.52. The highest BCUT2D eigenvalue weighted by Gasteiger charge is 2.17. The van der Waals surface area contributed by atoms with Crippen LogP contribution in [0.5, 0.6) is 0 Å². The molecule has 0 aromatic carbocycles. The second-order valence-corrected chi connectivity index (χ2v) is 5.59. The number of aliphatic imine (C=N–C) groups is 1. The first-order valence-corrected chi connectivity index (χ1v) is 7.38. The zero-order chi connectivity index (χ0) is 13.4. The van der Waals surface area contributed by atoms with E-state index >= 15 is 0 Å². The SMILES string of the molecule is CCCCN=C(NN)NC(c1cccs1)C(C)C. The smallest absolute Gasteiger partial charge is 0.206 e. The molecule has 0 radical (unpaired) electrons. The Balaban J connectivity index is 2.67. The highest BCUT2D eigenvalue weighted by Crippen LogP contribution is 2.25. The van der Waals surface area contributed by atoms with Gasteiger partial charge >= 0.3 is 0 Å². The van der Waals surface area contributed by atoms with Crippen LogP contribution < -0.4 is 16.6 Å². The summed E-state index contributed by atoms with van der Waals surface area (Å²) in [4.78, 5) is 5.75. The lowest BCUT2D eigenvalue weighted by atomic mass is 10.0. The molecular formula is C13H24N4S. The summed E-state index contributed by atoms with van der Waals surface area (Å²) in [6.45, 7) is 7.34. The molecule has 5 heteroatoms. The van der Waals surface area contributed by atoms with Crippen LogP contribution in [0.2, 0.25) is 0 Å². The van der Waals surface area contributed by atoms with Gasteiger partial charge in [0, 0.05) is 11.4 Å². The van der Waals surface area contributed by atoms with Gasteiger partial charge in [0.25, 0.3) is 0 Å². The van der Waals surface area contributed by atoms with Gasteiger partial charge in [-0.25, -0.2) is 5.84 Å². The summed E-state index contributed by atoms with van der Waals surface area (Å²) in [5.41, 5.74) is 2.65. The molecule has 0 saturated heterocycles. The predicted octanol–water partition coefficient (Wildman–Crippen LogP) is 2.65. The summed E-state index contributed by atoms with van der Waals surface area (Å²) in [7, 11) is 0. The summed E-state index contributed by atoms with van der Waals surface area (Å²) < 4.78 is 0. The number of hydrogen-bond acceptors (Lipinski definition) is 3. The second-order valence-electron chi connectivity index (χ2n) is 4.61. The average molecular weight is 268 g/mol. The molecule has 1 rings (SSSR count). The highest BCUT2D eigenvalue weighted by molar-refractivity contribution is 7.10. The van der Waals surface area contributed by atoms with Gasteiger partial charge in [-0.2, -0.15) is 0 Å². The van der Waals surface area contributed by atoms with E-state index in [0.717, 1.165) is 19.4 Å². The lowest BCUT2D eigenvalue weighted by Crippen LogP contribution is -2.44. The number of nitrogens with zero attached hydrogens (tertiary/aromatic N) is 1. The summed E-state index contributed by atoms with van der Waals surface area (Å²) in [6.07, 6.45) is 2.22. The predicted molar refractivity (Wildman–Crippen MR) is 79.6 cm³/mol. The maximum absolute atomic E-state index is 5.52. The molecule has 1 aromatic heterocycles.